The van der Waals surface area contributed by atoms with Crippen molar-refractivity contribution in [1.29, 1.82) is 10.5 Å². The lowest BCUT2D eigenvalue weighted by atomic mass is 9.98. The van der Waals surface area contributed by atoms with Crippen molar-refractivity contribution in [3.63, 3.8) is 0 Å². The number of Topliss-reactive ketones (excluding diaryl/α,β-unsaturated/α-hetero) is 1. The van der Waals surface area contributed by atoms with E-state index in [1.807, 2.05) is 0 Å². The number of nitrogens with zero attached hydrogens (tertiary/aromatic N) is 3. The van der Waals surface area contributed by atoms with Crippen LogP contribution < -0.4 is 0 Å². The molecule has 0 unspecified atom stereocenters. The van der Waals surface area contributed by atoms with Gasteiger partial charge in [0.15, 0.2) is 11.7 Å². The molecule has 0 bridgehead atoms. The Morgan fingerprint density at radius 2 is 2.00 bits per heavy atom. The summed E-state index contributed by atoms with van der Waals surface area (Å²) in [6.45, 7) is 1.49. The highest BCUT2D eigenvalue weighted by atomic mass is 16.6. The van der Waals surface area contributed by atoms with Crippen molar-refractivity contribution in [1.82, 2.24) is 0 Å². The molecule has 0 radical (unpaired) electrons. The average molecular weight is 229 g/mol. The predicted octanol–water partition coefficient (Wildman–Crippen LogP) is 1.75. The fraction of sp³-hybridized carbons (Fsp3) is 0.182. The van der Waals surface area contributed by atoms with Crippen molar-refractivity contribution in [3.05, 3.63) is 39.4 Å². The van der Waals surface area contributed by atoms with Crippen LogP contribution in [0.25, 0.3) is 0 Å². The molecule has 1 aromatic rings. The van der Waals surface area contributed by atoms with Crippen molar-refractivity contribution in [2.24, 2.45) is 5.92 Å². The fourth-order valence-electron chi connectivity index (χ4n) is 1.33. The van der Waals surface area contributed by atoms with Gasteiger partial charge in [-0.2, -0.15) is 10.5 Å². The van der Waals surface area contributed by atoms with E-state index >= 15 is 0 Å². The predicted molar refractivity (Wildman–Crippen MR) is 56.9 cm³/mol. The summed E-state index contributed by atoms with van der Waals surface area (Å²) < 4.78 is 0. The largest absolute Gasteiger partial charge is 0.291 e. The molecule has 0 fully saturated rings. The van der Waals surface area contributed by atoms with Crippen LogP contribution in [0.4, 0.5) is 5.69 Å². The minimum atomic E-state index is -1.38. The third kappa shape index (κ3) is 2.44. The number of hydrogen-bond acceptors (Lipinski definition) is 5. The molecule has 6 heteroatoms. The molecule has 0 atom stereocenters. The van der Waals surface area contributed by atoms with E-state index in [4.69, 9.17) is 10.5 Å². The number of carbonyl (C=O) groups is 1. The molecule has 0 saturated heterocycles. The number of benzene rings is 1. The number of nitro groups is 1. The number of rotatable bonds is 3. The quantitative estimate of drug-likeness (QED) is 0.445. The second-order valence-electron chi connectivity index (χ2n) is 3.31. The molecule has 0 aliphatic rings. The van der Waals surface area contributed by atoms with Crippen molar-refractivity contribution >= 4 is 11.5 Å². The minimum absolute atomic E-state index is 0.105. The van der Waals surface area contributed by atoms with Gasteiger partial charge in [-0.25, -0.2) is 0 Å². The van der Waals surface area contributed by atoms with Crippen LogP contribution in [-0.4, -0.2) is 10.7 Å². The number of ketones is 1. The van der Waals surface area contributed by atoms with E-state index in [0.29, 0.717) is 5.56 Å². The summed E-state index contributed by atoms with van der Waals surface area (Å²) in [5.41, 5.74) is 0.337. The van der Waals surface area contributed by atoms with E-state index in [2.05, 4.69) is 0 Å². The second kappa shape index (κ2) is 4.86. The molecule has 0 N–H and O–H groups in total. The maximum absolute atomic E-state index is 11.6. The number of carbonyl (C=O) groups excluding carboxylic acids is 1. The summed E-state index contributed by atoms with van der Waals surface area (Å²) >= 11 is 0. The molecule has 0 saturated carbocycles. The summed E-state index contributed by atoms with van der Waals surface area (Å²) in [5, 5.41) is 27.7. The van der Waals surface area contributed by atoms with Crippen LogP contribution in [-0.2, 0) is 0 Å². The monoisotopic (exact) mass is 229 g/mol. The van der Waals surface area contributed by atoms with Gasteiger partial charge in [0.2, 0.25) is 0 Å². The van der Waals surface area contributed by atoms with Gasteiger partial charge in [-0.1, -0.05) is 0 Å². The van der Waals surface area contributed by atoms with E-state index in [-0.39, 0.29) is 11.3 Å². The van der Waals surface area contributed by atoms with Gasteiger partial charge < -0.3 is 0 Å². The summed E-state index contributed by atoms with van der Waals surface area (Å²) in [6, 6.07) is 6.87. The summed E-state index contributed by atoms with van der Waals surface area (Å²) in [4.78, 5) is 21.6. The van der Waals surface area contributed by atoms with Crippen molar-refractivity contribution in [2.45, 2.75) is 6.92 Å². The molecule has 0 heterocycles. The van der Waals surface area contributed by atoms with Gasteiger partial charge in [0.25, 0.3) is 5.69 Å². The van der Waals surface area contributed by atoms with Crippen molar-refractivity contribution < 1.29 is 9.72 Å². The van der Waals surface area contributed by atoms with E-state index in [1.165, 1.54) is 25.1 Å². The normalized spacial score (nSPS) is 9.41. The third-order valence-electron chi connectivity index (χ3n) is 2.20. The lowest BCUT2D eigenvalue weighted by molar-refractivity contribution is -0.385. The first-order valence-electron chi connectivity index (χ1n) is 4.59. The molecule has 6 nitrogen and oxygen atoms in total. The summed E-state index contributed by atoms with van der Waals surface area (Å²) in [6.07, 6.45) is 0. The van der Waals surface area contributed by atoms with Crippen LogP contribution in [0.3, 0.4) is 0 Å². The van der Waals surface area contributed by atoms with Gasteiger partial charge in [0, 0.05) is 17.2 Å². The van der Waals surface area contributed by atoms with E-state index in [9.17, 15) is 14.9 Å². The Morgan fingerprint density at radius 3 is 2.41 bits per heavy atom. The SMILES string of the molecule is Cc1cc(C(=O)C(C#N)C#N)ccc1[N+](=O)[O-]. The van der Waals surface area contributed by atoms with Crippen LogP contribution in [0.2, 0.25) is 0 Å². The molecule has 17 heavy (non-hydrogen) atoms. The molecule has 0 aliphatic carbocycles. The van der Waals surface area contributed by atoms with Gasteiger partial charge in [0.1, 0.15) is 0 Å². The summed E-state index contributed by atoms with van der Waals surface area (Å²) in [7, 11) is 0. The first-order chi connectivity index (χ1) is 8.01. The molecule has 0 spiro atoms. The maximum atomic E-state index is 11.6. The van der Waals surface area contributed by atoms with E-state index in [0.717, 1.165) is 0 Å². The Kier molecular flexibility index (Phi) is 3.53. The zero-order valence-electron chi connectivity index (χ0n) is 8.88. The van der Waals surface area contributed by atoms with Gasteiger partial charge in [-0.15, -0.1) is 0 Å². The molecular formula is C11H7N3O3. The second-order valence-corrected chi connectivity index (χ2v) is 3.31. The third-order valence-corrected chi connectivity index (χ3v) is 2.20. The number of aryl methyl sites for hydroxylation is 1. The standard InChI is InChI=1S/C11H7N3O3/c1-7-4-8(2-3-10(7)14(16)17)11(15)9(5-12)6-13/h2-4,9H,1H3. The molecule has 1 rings (SSSR count). The van der Waals surface area contributed by atoms with Gasteiger partial charge in [0.05, 0.1) is 17.1 Å². The highest BCUT2D eigenvalue weighted by Gasteiger charge is 2.21. The zero-order chi connectivity index (χ0) is 13.0. The lowest BCUT2D eigenvalue weighted by Crippen LogP contribution is -2.11. The van der Waals surface area contributed by atoms with Crippen molar-refractivity contribution in [3.8, 4) is 12.1 Å². The molecule has 1 aromatic carbocycles. The Labute approximate surface area is 96.9 Å². The molecule has 84 valence electrons. The Bertz CT molecular complexity index is 552. The Balaban J connectivity index is 3.16. The Morgan fingerprint density at radius 1 is 1.41 bits per heavy atom. The maximum Gasteiger partial charge on any atom is 0.272 e. The summed E-state index contributed by atoms with van der Waals surface area (Å²) in [5.74, 6) is -2.02. The molecular weight excluding hydrogens is 222 g/mol. The number of nitriles is 2. The van der Waals surface area contributed by atoms with Crippen molar-refractivity contribution in [2.75, 3.05) is 0 Å². The highest BCUT2D eigenvalue weighted by molar-refractivity contribution is 6.01. The topological polar surface area (TPSA) is 108 Å². The number of hydrogen-bond donors (Lipinski definition) is 0. The molecule has 0 aromatic heterocycles. The average Bonchev–Trinajstić information content (AvgIpc) is 2.29. The van der Waals surface area contributed by atoms with Gasteiger partial charge in [-0.3, -0.25) is 14.9 Å². The fourth-order valence-corrected chi connectivity index (χ4v) is 1.33. The van der Waals surface area contributed by atoms with Gasteiger partial charge >= 0.3 is 0 Å². The van der Waals surface area contributed by atoms with Crippen LogP contribution in [0.15, 0.2) is 18.2 Å². The van der Waals surface area contributed by atoms with Crippen LogP contribution in [0, 0.1) is 45.6 Å². The van der Waals surface area contributed by atoms with Crippen LogP contribution >= 0.6 is 0 Å². The zero-order valence-corrected chi connectivity index (χ0v) is 8.88. The molecule has 0 aliphatic heterocycles. The smallest absolute Gasteiger partial charge is 0.272 e. The van der Waals surface area contributed by atoms with E-state index in [1.54, 1.807) is 12.1 Å². The van der Waals surface area contributed by atoms with Crippen LogP contribution in [0.5, 0.6) is 0 Å². The van der Waals surface area contributed by atoms with E-state index < -0.39 is 16.6 Å². The lowest BCUT2D eigenvalue weighted by Gasteiger charge is -2.02. The molecule has 0 amide bonds. The van der Waals surface area contributed by atoms with Crippen LogP contribution in [0.1, 0.15) is 15.9 Å². The highest BCUT2D eigenvalue weighted by Crippen LogP contribution is 2.20. The first kappa shape index (κ1) is 12.3. The number of nitro benzene ring substituents is 1. The van der Waals surface area contributed by atoms with Gasteiger partial charge in [-0.05, 0) is 19.1 Å². The Hall–Kier alpha value is -2.73. The minimum Gasteiger partial charge on any atom is -0.291 e. The first-order valence-corrected chi connectivity index (χ1v) is 4.59.